The third-order valence-corrected chi connectivity index (χ3v) is 13.0. The Balaban J connectivity index is 1.13. The molecule has 0 unspecified atom stereocenters. The molecule has 11 aromatic rings. The van der Waals surface area contributed by atoms with Crippen molar-refractivity contribution < 1.29 is 0 Å². The minimum absolute atomic E-state index is 0.113. The Kier molecular flexibility index (Phi) is 6.78. The van der Waals surface area contributed by atoms with E-state index in [4.69, 9.17) is 0 Å². The van der Waals surface area contributed by atoms with Gasteiger partial charge < -0.3 is 0 Å². The number of hydrogen-bond donors (Lipinski definition) is 0. The van der Waals surface area contributed by atoms with E-state index in [-0.39, 0.29) is 5.41 Å². The highest BCUT2D eigenvalue weighted by Crippen LogP contribution is 2.55. The van der Waals surface area contributed by atoms with Crippen LogP contribution in [0.2, 0.25) is 0 Å². The van der Waals surface area contributed by atoms with Gasteiger partial charge in [0.25, 0.3) is 0 Å². The summed E-state index contributed by atoms with van der Waals surface area (Å²) >= 11 is 0. The van der Waals surface area contributed by atoms with E-state index in [9.17, 15) is 0 Å². The molecule has 0 saturated heterocycles. The van der Waals surface area contributed by atoms with Crippen LogP contribution >= 0.6 is 0 Å². The van der Waals surface area contributed by atoms with Crippen LogP contribution in [0.15, 0.2) is 194 Å². The molecule has 0 N–H and O–H groups in total. The van der Waals surface area contributed by atoms with Crippen molar-refractivity contribution in [3.8, 4) is 44.5 Å². The summed E-state index contributed by atoms with van der Waals surface area (Å²) in [7, 11) is 0. The fourth-order valence-corrected chi connectivity index (χ4v) is 10.4. The van der Waals surface area contributed by atoms with E-state index in [1.165, 1.54) is 120 Å². The fourth-order valence-electron chi connectivity index (χ4n) is 10.4. The molecule has 0 aromatic heterocycles. The minimum Gasteiger partial charge on any atom is -0.0619 e. The van der Waals surface area contributed by atoms with Crippen molar-refractivity contribution in [1.29, 1.82) is 0 Å². The van der Waals surface area contributed by atoms with Crippen LogP contribution in [0.1, 0.15) is 25.0 Å². The molecule has 0 fully saturated rings. The van der Waals surface area contributed by atoms with E-state index in [0.717, 1.165) is 0 Å². The van der Waals surface area contributed by atoms with Gasteiger partial charge in [0, 0.05) is 5.41 Å². The Morgan fingerprint density at radius 2 is 0.772 bits per heavy atom. The summed E-state index contributed by atoms with van der Waals surface area (Å²) < 4.78 is 0. The van der Waals surface area contributed by atoms with E-state index < -0.39 is 0 Å². The summed E-state index contributed by atoms with van der Waals surface area (Å²) in [6.45, 7) is 4.79. The molecule has 0 spiro atoms. The smallest absolute Gasteiger partial charge is 0.0159 e. The molecule has 0 aliphatic heterocycles. The zero-order valence-corrected chi connectivity index (χ0v) is 32.0. The van der Waals surface area contributed by atoms with Crippen molar-refractivity contribution in [2.45, 2.75) is 19.3 Å². The normalized spacial score (nSPS) is 13.2. The first-order chi connectivity index (χ1) is 28.1. The van der Waals surface area contributed by atoms with Crippen molar-refractivity contribution in [3.63, 3.8) is 0 Å². The molecule has 1 aliphatic rings. The molecular formula is C57H38. The number of rotatable bonds is 3. The fraction of sp³-hybridized carbons (Fsp3) is 0.0526. The molecule has 1 aliphatic carbocycles. The van der Waals surface area contributed by atoms with Gasteiger partial charge >= 0.3 is 0 Å². The summed E-state index contributed by atoms with van der Waals surface area (Å²) in [4.78, 5) is 0. The lowest BCUT2D eigenvalue weighted by molar-refractivity contribution is 0.661. The van der Waals surface area contributed by atoms with E-state index in [2.05, 4.69) is 208 Å². The van der Waals surface area contributed by atoms with Crippen LogP contribution in [0.3, 0.4) is 0 Å². The van der Waals surface area contributed by atoms with E-state index in [1.54, 1.807) is 0 Å². The second-order valence-electron chi connectivity index (χ2n) is 16.3. The van der Waals surface area contributed by atoms with Crippen LogP contribution in [-0.2, 0) is 5.41 Å². The highest BCUT2D eigenvalue weighted by Gasteiger charge is 2.37. The van der Waals surface area contributed by atoms with Crippen molar-refractivity contribution in [1.82, 2.24) is 0 Å². The SMILES string of the molecule is CC1(C)c2ccccc2-c2c1cc(-c1c3ccccc3c(-c3ccc4cc(-c5cccc6ccccc56)c5ccccc5c4c3)c3ccccc13)c1ccccc21. The minimum atomic E-state index is -0.113. The summed E-state index contributed by atoms with van der Waals surface area (Å²) in [5.41, 5.74) is 13.1. The average molecular weight is 723 g/mol. The summed E-state index contributed by atoms with van der Waals surface area (Å²) in [6.07, 6.45) is 0. The standard InChI is InChI=1S/C57H38/c1-57(2)52-29-14-13-27-48(52)56-43-22-8-7-21-42(43)51(34-53(56)57)55-46-25-11-9-23-44(46)54(45-24-10-12-26-47(45)55)37-31-30-36-32-50(41-20-6-5-19-40(41)49(36)33-37)39-28-15-17-35-16-3-4-18-38(35)39/h3-34H,1-2H3. The topological polar surface area (TPSA) is 0 Å². The van der Waals surface area contributed by atoms with Gasteiger partial charge in [-0.15, -0.1) is 0 Å². The van der Waals surface area contributed by atoms with Gasteiger partial charge in [-0.3, -0.25) is 0 Å². The molecule has 266 valence electrons. The van der Waals surface area contributed by atoms with Crippen molar-refractivity contribution in [2.24, 2.45) is 0 Å². The third kappa shape index (κ3) is 4.56. The molecule has 11 aromatic carbocycles. The first-order valence-corrected chi connectivity index (χ1v) is 20.1. The van der Waals surface area contributed by atoms with Gasteiger partial charge in [0.05, 0.1) is 0 Å². The van der Waals surface area contributed by atoms with E-state index in [0.29, 0.717) is 0 Å². The highest BCUT2D eigenvalue weighted by atomic mass is 14.4. The Hall–Kier alpha value is -7.02. The molecule has 0 amide bonds. The molecule has 57 heavy (non-hydrogen) atoms. The Labute approximate surface area is 332 Å². The maximum Gasteiger partial charge on any atom is 0.0159 e. The predicted octanol–water partition coefficient (Wildman–Crippen LogP) is 15.9. The molecule has 0 atom stereocenters. The van der Waals surface area contributed by atoms with Crippen molar-refractivity contribution >= 4 is 64.6 Å². The second-order valence-corrected chi connectivity index (χ2v) is 16.3. The Bertz CT molecular complexity index is 3430. The number of hydrogen-bond acceptors (Lipinski definition) is 0. The van der Waals surface area contributed by atoms with Gasteiger partial charge in [-0.1, -0.05) is 190 Å². The Morgan fingerprint density at radius 1 is 0.263 bits per heavy atom. The molecule has 0 heterocycles. The molecular weight excluding hydrogens is 685 g/mol. The monoisotopic (exact) mass is 722 g/mol. The van der Waals surface area contributed by atoms with Crippen LogP contribution in [0, 0.1) is 0 Å². The Morgan fingerprint density at radius 3 is 1.47 bits per heavy atom. The average Bonchev–Trinajstić information content (AvgIpc) is 3.50. The van der Waals surface area contributed by atoms with E-state index >= 15 is 0 Å². The summed E-state index contributed by atoms with van der Waals surface area (Å²) in [6, 6.07) is 72.7. The lowest BCUT2D eigenvalue weighted by Gasteiger charge is -2.24. The van der Waals surface area contributed by atoms with Crippen LogP contribution < -0.4 is 0 Å². The molecule has 12 rings (SSSR count). The van der Waals surface area contributed by atoms with Gasteiger partial charge in [-0.2, -0.15) is 0 Å². The van der Waals surface area contributed by atoms with Crippen molar-refractivity contribution in [2.75, 3.05) is 0 Å². The van der Waals surface area contributed by atoms with Gasteiger partial charge in [0.15, 0.2) is 0 Å². The predicted molar refractivity (Wildman–Crippen MR) is 245 cm³/mol. The molecule has 0 bridgehead atoms. The van der Waals surface area contributed by atoms with Gasteiger partial charge in [0.1, 0.15) is 0 Å². The van der Waals surface area contributed by atoms with Crippen molar-refractivity contribution in [3.05, 3.63) is 205 Å². The van der Waals surface area contributed by atoms with Gasteiger partial charge in [-0.05, 0) is 138 Å². The first kappa shape index (κ1) is 32.2. The van der Waals surface area contributed by atoms with Gasteiger partial charge in [-0.25, -0.2) is 0 Å². The number of fused-ring (bicyclic) bond motifs is 11. The third-order valence-electron chi connectivity index (χ3n) is 13.0. The molecule has 0 heteroatoms. The zero-order valence-electron chi connectivity index (χ0n) is 32.0. The maximum absolute atomic E-state index is 2.53. The molecule has 0 saturated carbocycles. The molecule has 0 nitrogen and oxygen atoms in total. The maximum atomic E-state index is 2.53. The van der Waals surface area contributed by atoms with Gasteiger partial charge in [0.2, 0.25) is 0 Å². The first-order valence-electron chi connectivity index (χ1n) is 20.1. The molecule has 0 radical (unpaired) electrons. The lowest BCUT2D eigenvalue weighted by Crippen LogP contribution is -2.15. The summed E-state index contributed by atoms with van der Waals surface area (Å²) in [5.74, 6) is 0. The van der Waals surface area contributed by atoms with Crippen LogP contribution in [0.25, 0.3) is 109 Å². The number of benzene rings is 11. The largest absolute Gasteiger partial charge is 0.0619 e. The summed E-state index contributed by atoms with van der Waals surface area (Å²) in [5, 5.41) is 15.3. The van der Waals surface area contributed by atoms with Crippen LogP contribution in [-0.4, -0.2) is 0 Å². The zero-order chi connectivity index (χ0) is 37.8. The highest BCUT2D eigenvalue weighted by molar-refractivity contribution is 6.25. The quantitative estimate of drug-likeness (QED) is 0.126. The van der Waals surface area contributed by atoms with Crippen LogP contribution in [0.5, 0.6) is 0 Å². The lowest BCUT2D eigenvalue weighted by atomic mass is 9.79. The second kappa shape index (κ2) is 12.0. The van der Waals surface area contributed by atoms with E-state index in [1.807, 2.05) is 0 Å². The van der Waals surface area contributed by atoms with Crippen LogP contribution in [0.4, 0.5) is 0 Å².